The lowest BCUT2D eigenvalue weighted by Crippen LogP contribution is -2.30. The van der Waals surface area contributed by atoms with Crippen molar-refractivity contribution in [2.75, 3.05) is 23.3 Å². The van der Waals surface area contributed by atoms with Gasteiger partial charge in [-0.15, -0.1) is 0 Å². The van der Waals surface area contributed by atoms with Crippen molar-refractivity contribution in [1.82, 2.24) is 15.3 Å². The number of nitrogens with zero attached hydrogens (tertiary/aromatic N) is 3. The summed E-state index contributed by atoms with van der Waals surface area (Å²) in [5.41, 5.74) is 3.21. The van der Waals surface area contributed by atoms with Gasteiger partial charge in [-0.05, 0) is 49.1 Å². The van der Waals surface area contributed by atoms with Crippen LogP contribution in [0, 0.1) is 5.82 Å². The van der Waals surface area contributed by atoms with E-state index in [0.29, 0.717) is 12.2 Å². The summed E-state index contributed by atoms with van der Waals surface area (Å²) in [4.78, 5) is 23.7. The van der Waals surface area contributed by atoms with E-state index in [1.54, 1.807) is 24.5 Å². The first-order valence-electron chi connectivity index (χ1n) is 10.1. The minimum Gasteiger partial charge on any atom is -0.355 e. The van der Waals surface area contributed by atoms with Crippen molar-refractivity contribution in [1.29, 1.82) is 0 Å². The highest BCUT2D eigenvalue weighted by Gasteiger charge is 2.18. The Morgan fingerprint density at radius 3 is 2.57 bits per heavy atom. The molecule has 0 aliphatic carbocycles. The van der Waals surface area contributed by atoms with Crippen LogP contribution in [0.4, 0.5) is 20.7 Å². The second-order valence-corrected chi connectivity index (χ2v) is 7.29. The molecule has 7 heteroatoms. The molecular formula is C23H24FN5O. The number of rotatable bonds is 5. The van der Waals surface area contributed by atoms with E-state index in [1.165, 1.54) is 18.6 Å². The molecule has 6 nitrogen and oxygen atoms in total. The SMILES string of the molecule is O=C(NCc1ccc(F)cc1)Nc1cccc(-c2nccnc2N2CCCCC2)c1. The van der Waals surface area contributed by atoms with Crippen LogP contribution in [-0.2, 0) is 6.54 Å². The fourth-order valence-corrected chi connectivity index (χ4v) is 3.58. The van der Waals surface area contributed by atoms with Crippen molar-refractivity contribution < 1.29 is 9.18 Å². The Morgan fingerprint density at radius 2 is 1.77 bits per heavy atom. The Bertz CT molecular complexity index is 1000. The minimum absolute atomic E-state index is 0.298. The Morgan fingerprint density at radius 1 is 1.00 bits per heavy atom. The van der Waals surface area contributed by atoms with E-state index in [1.807, 2.05) is 24.3 Å². The van der Waals surface area contributed by atoms with Crippen molar-refractivity contribution in [3.05, 3.63) is 72.3 Å². The maximum absolute atomic E-state index is 13.0. The zero-order chi connectivity index (χ0) is 20.8. The largest absolute Gasteiger partial charge is 0.355 e. The quantitative estimate of drug-likeness (QED) is 0.651. The highest BCUT2D eigenvalue weighted by molar-refractivity contribution is 5.90. The van der Waals surface area contributed by atoms with Crippen LogP contribution in [0.1, 0.15) is 24.8 Å². The number of piperidine rings is 1. The van der Waals surface area contributed by atoms with Gasteiger partial charge in [0.05, 0.1) is 0 Å². The van der Waals surface area contributed by atoms with Gasteiger partial charge in [-0.2, -0.15) is 0 Å². The van der Waals surface area contributed by atoms with Gasteiger partial charge in [-0.3, -0.25) is 4.98 Å². The van der Waals surface area contributed by atoms with E-state index in [-0.39, 0.29) is 11.8 Å². The average molecular weight is 405 g/mol. The molecule has 1 saturated heterocycles. The van der Waals surface area contributed by atoms with Gasteiger partial charge in [0.25, 0.3) is 0 Å². The van der Waals surface area contributed by atoms with Gasteiger partial charge in [-0.25, -0.2) is 14.2 Å². The molecule has 0 radical (unpaired) electrons. The Kier molecular flexibility index (Phi) is 6.17. The maximum Gasteiger partial charge on any atom is 0.319 e. The van der Waals surface area contributed by atoms with Crippen molar-refractivity contribution in [3.63, 3.8) is 0 Å². The first-order chi connectivity index (χ1) is 14.7. The molecule has 1 aliphatic heterocycles. The van der Waals surface area contributed by atoms with Gasteiger partial charge in [0, 0.05) is 43.3 Å². The normalized spacial score (nSPS) is 13.7. The van der Waals surface area contributed by atoms with Crippen LogP contribution >= 0.6 is 0 Å². The zero-order valence-corrected chi connectivity index (χ0v) is 16.6. The number of amides is 2. The molecule has 0 bridgehead atoms. The van der Waals surface area contributed by atoms with Gasteiger partial charge in [0.2, 0.25) is 0 Å². The molecular weight excluding hydrogens is 381 g/mol. The lowest BCUT2D eigenvalue weighted by atomic mass is 10.1. The number of hydrogen-bond donors (Lipinski definition) is 2. The lowest BCUT2D eigenvalue weighted by molar-refractivity contribution is 0.251. The van der Waals surface area contributed by atoms with Crippen LogP contribution < -0.4 is 15.5 Å². The van der Waals surface area contributed by atoms with Gasteiger partial charge in [-0.1, -0.05) is 24.3 Å². The molecule has 1 aromatic heterocycles. The number of benzene rings is 2. The summed E-state index contributed by atoms with van der Waals surface area (Å²) in [5.74, 6) is 0.586. The number of carbonyl (C=O) groups is 1. The van der Waals surface area contributed by atoms with Crippen LogP contribution in [0.2, 0.25) is 0 Å². The molecule has 0 atom stereocenters. The second-order valence-electron chi connectivity index (χ2n) is 7.29. The number of anilines is 2. The summed E-state index contributed by atoms with van der Waals surface area (Å²) in [6, 6.07) is 13.3. The number of hydrogen-bond acceptors (Lipinski definition) is 4. The van der Waals surface area contributed by atoms with Crippen LogP contribution in [0.15, 0.2) is 60.9 Å². The molecule has 4 rings (SSSR count). The number of urea groups is 1. The van der Waals surface area contributed by atoms with Crippen LogP contribution in [0.5, 0.6) is 0 Å². The maximum atomic E-state index is 13.0. The van der Waals surface area contributed by atoms with Gasteiger partial charge >= 0.3 is 6.03 Å². The van der Waals surface area contributed by atoms with E-state index < -0.39 is 0 Å². The molecule has 154 valence electrons. The van der Waals surface area contributed by atoms with Crippen molar-refractivity contribution in [3.8, 4) is 11.3 Å². The van der Waals surface area contributed by atoms with E-state index in [9.17, 15) is 9.18 Å². The molecule has 1 aliphatic rings. The van der Waals surface area contributed by atoms with E-state index >= 15 is 0 Å². The highest BCUT2D eigenvalue weighted by atomic mass is 19.1. The first-order valence-corrected chi connectivity index (χ1v) is 10.1. The molecule has 0 unspecified atom stereocenters. The van der Waals surface area contributed by atoms with Gasteiger partial charge in [0.1, 0.15) is 11.5 Å². The average Bonchev–Trinajstić information content (AvgIpc) is 2.79. The molecule has 1 fully saturated rings. The van der Waals surface area contributed by atoms with E-state index in [4.69, 9.17) is 0 Å². The van der Waals surface area contributed by atoms with E-state index in [0.717, 1.165) is 48.6 Å². The Hall–Kier alpha value is -3.48. The summed E-state index contributed by atoms with van der Waals surface area (Å²) in [5, 5.41) is 5.63. The Labute approximate surface area is 175 Å². The summed E-state index contributed by atoms with van der Waals surface area (Å²) < 4.78 is 13.0. The highest BCUT2D eigenvalue weighted by Crippen LogP contribution is 2.30. The van der Waals surface area contributed by atoms with Crippen molar-refractivity contribution in [2.24, 2.45) is 0 Å². The first kappa shape index (κ1) is 19.8. The third kappa shape index (κ3) is 4.92. The van der Waals surface area contributed by atoms with Crippen molar-refractivity contribution >= 4 is 17.5 Å². The van der Waals surface area contributed by atoms with Crippen LogP contribution in [-0.4, -0.2) is 29.1 Å². The molecule has 2 N–H and O–H groups in total. The smallest absolute Gasteiger partial charge is 0.319 e. The standard InChI is InChI=1S/C23H24FN5O/c24-19-9-7-17(8-10-19)16-27-23(30)28-20-6-4-5-18(15-20)21-22(26-12-11-25-21)29-13-2-1-3-14-29/h4-12,15H,1-3,13-14,16H2,(H2,27,28,30). The monoisotopic (exact) mass is 405 g/mol. The molecule has 30 heavy (non-hydrogen) atoms. The third-order valence-electron chi connectivity index (χ3n) is 5.09. The fraction of sp³-hybridized carbons (Fsp3) is 0.261. The number of carbonyl (C=O) groups excluding carboxylic acids is 1. The number of halogens is 1. The third-order valence-corrected chi connectivity index (χ3v) is 5.09. The van der Waals surface area contributed by atoms with Gasteiger partial charge < -0.3 is 15.5 Å². The van der Waals surface area contributed by atoms with Crippen molar-refractivity contribution in [2.45, 2.75) is 25.8 Å². The zero-order valence-electron chi connectivity index (χ0n) is 16.6. The Balaban J connectivity index is 1.45. The van der Waals surface area contributed by atoms with Crippen LogP contribution in [0.25, 0.3) is 11.3 Å². The molecule has 2 aromatic carbocycles. The fourth-order valence-electron chi connectivity index (χ4n) is 3.58. The molecule has 0 saturated carbocycles. The van der Waals surface area contributed by atoms with Crippen LogP contribution in [0.3, 0.4) is 0 Å². The number of aromatic nitrogens is 2. The molecule has 0 spiro atoms. The second kappa shape index (κ2) is 9.35. The summed E-state index contributed by atoms with van der Waals surface area (Å²) >= 11 is 0. The lowest BCUT2D eigenvalue weighted by Gasteiger charge is -2.28. The molecule has 2 amide bonds. The predicted molar refractivity (Wildman–Crippen MR) is 116 cm³/mol. The number of nitrogens with one attached hydrogen (secondary N) is 2. The predicted octanol–water partition coefficient (Wildman–Crippen LogP) is 4.59. The molecule has 3 aromatic rings. The van der Waals surface area contributed by atoms with Gasteiger partial charge in [0.15, 0.2) is 5.82 Å². The summed E-state index contributed by atoms with van der Waals surface area (Å²) in [6.07, 6.45) is 6.98. The minimum atomic E-state index is -0.327. The van der Waals surface area contributed by atoms with E-state index in [2.05, 4.69) is 25.5 Å². The summed E-state index contributed by atoms with van der Waals surface area (Å²) in [7, 11) is 0. The summed E-state index contributed by atoms with van der Waals surface area (Å²) in [6.45, 7) is 2.28. The topological polar surface area (TPSA) is 70.1 Å². The molecule has 2 heterocycles.